The van der Waals surface area contributed by atoms with Crippen molar-refractivity contribution in [1.82, 2.24) is 24.6 Å². The van der Waals surface area contributed by atoms with Crippen molar-refractivity contribution in [1.29, 1.82) is 0 Å². The first-order valence-electron chi connectivity index (χ1n) is 19.5. The van der Waals surface area contributed by atoms with Crippen molar-refractivity contribution in [2.45, 2.75) is 59.2 Å². The minimum Gasteiger partial charge on any atom is -0.493 e. The second-order valence-corrected chi connectivity index (χ2v) is 14.7. The Morgan fingerprint density at radius 3 is 2.44 bits per heavy atom. The summed E-state index contributed by atoms with van der Waals surface area (Å²) in [5.74, 6) is 0.898. The standard InChI is InChI=1S/C45H49N5O5/c1-4-54-44(51)43-37(19-11-23-55-40-20-9-15-32-12-7-8-16-35(32)40)36-17-10-18-38-41-30(2)48(3)47-39(41)29-49(45(52)46-26-31-21-24-53-25-22-31)27-33-13-5-6-14-34(33)28-50(43)42(36)38/h5-10,12-18,20,31H,4,11,19,21-29H2,1-3H3,(H,46,52). The summed E-state index contributed by atoms with van der Waals surface area (Å²) in [5.41, 5.74) is 8.25. The molecule has 0 aliphatic carbocycles. The number of carbonyl (C=O) groups excluding carboxylic acids is 2. The summed E-state index contributed by atoms with van der Waals surface area (Å²) in [5, 5.41) is 11.5. The summed E-state index contributed by atoms with van der Waals surface area (Å²) in [4.78, 5) is 30.1. The van der Waals surface area contributed by atoms with Crippen LogP contribution in [0.15, 0.2) is 84.9 Å². The predicted molar refractivity (Wildman–Crippen MR) is 214 cm³/mol. The van der Waals surface area contributed by atoms with E-state index in [4.69, 9.17) is 19.3 Å². The molecule has 55 heavy (non-hydrogen) atoms. The largest absolute Gasteiger partial charge is 0.493 e. The molecular weight excluding hydrogens is 691 g/mol. The molecule has 0 spiro atoms. The number of fused-ring (bicyclic) bond motifs is 4. The summed E-state index contributed by atoms with van der Waals surface area (Å²) < 4.78 is 21.8. The zero-order valence-electron chi connectivity index (χ0n) is 32.0. The van der Waals surface area contributed by atoms with Crippen LogP contribution in [0, 0.1) is 12.8 Å². The third-order valence-electron chi connectivity index (χ3n) is 11.2. The molecule has 10 nitrogen and oxygen atoms in total. The first-order valence-corrected chi connectivity index (χ1v) is 19.5. The van der Waals surface area contributed by atoms with Crippen molar-refractivity contribution in [2.75, 3.05) is 33.0 Å². The highest BCUT2D eigenvalue weighted by Crippen LogP contribution is 2.40. The predicted octanol–water partition coefficient (Wildman–Crippen LogP) is 8.19. The second-order valence-electron chi connectivity index (χ2n) is 14.7. The number of urea groups is 1. The van der Waals surface area contributed by atoms with Gasteiger partial charge in [0.1, 0.15) is 11.4 Å². The van der Waals surface area contributed by atoms with E-state index in [1.165, 1.54) is 0 Å². The molecule has 1 N–H and O–H groups in total. The molecule has 0 radical (unpaired) electrons. The highest BCUT2D eigenvalue weighted by molar-refractivity contribution is 6.05. The van der Waals surface area contributed by atoms with Crippen molar-refractivity contribution < 1.29 is 23.8 Å². The molecule has 0 atom stereocenters. The van der Waals surface area contributed by atoms with Gasteiger partial charge in [-0.25, -0.2) is 9.59 Å². The Labute approximate surface area is 322 Å². The first kappa shape index (κ1) is 36.4. The summed E-state index contributed by atoms with van der Waals surface area (Å²) in [6.45, 7) is 7.88. The number of rotatable bonds is 9. The molecule has 2 aliphatic heterocycles. The van der Waals surface area contributed by atoms with E-state index in [1.54, 1.807) is 0 Å². The van der Waals surface area contributed by atoms with E-state index in [2.05, 4.69) is 65.3 Å². The minimum atomic E-state index is -0.348. The maximum Gasteiger partial charge on any atom is 0.355 e. The van der Waals surface area contributed by atoms with Gasteiger partial charge < -0.3 is 29.0 Å². The lowest BCUT2D eigenvalue weighted by atomic mass is 9.98. The maximum absolute atomic E-state index is 14.2. The van der Waals surface area contributed by atoms with Crippen LogP contribution in [-0.4, -0.2) is 64.2 Å². The molecule has 1 saturated heterocycles. The molecule has 4 heterocycles. The number of nitrogens with zero attached hydrogens (tertiary/aromatic N) is 4. The van der Waals surface area contributed by atoms with Crippen LogP contribution in [0.3, 0.4) is 0 Å². The first-order chi connectivity index (χ1) is 26.9. The molecule has 284 valence electrons. The molecule has 4 aromatic carbocycles. The SMILES string of the molecule is CCOC(=O)c1c(CCCOc2cccc3ccccc23)c2cccc3c2n1Cc1ccccc1CN(C(=O)NCC1CCOCC1)Cc1nn(C)c(C)c1-3. The van der Waals surface area contributed by atoms with E-state index in [1.807, 2.05) is 60.0 Å². The van der Waals surface area contributed by atoms with Crippen LogP contribution in [0.4, 0.5) is 4.79 Å². The molecule has 1 fully saturated rings. The number of hydrogen-bond acceptors (Lipinski definition) is 6. The van der Waals surface area contributed by atoms with Gasteiger partial charge in [-0.05, 0) is 73.6 Å². The van der Waals surface area contributed by atoms with Gasteiger partial charge in [0.05, 0.1) is 31.0 Å². The van der Waals surface area contributed by atoms with E-state index in [9.17, 15) is 9.59 Å². The Hall–Kier alpha value is -5.61. The highest BCUT2D eigenvalue weighted by Gasteiger charge is 2.30. The zero-order chi connectivity index (χ0) is 37.9. The van der Waals surface area contributed by atoms with E-state index in [-0.39, 0.29) is 18.6 Å². The average molecular weight is 740 g/mol. The molecule has 2 amide bonds. The van der Waals surface area contributed by atoms with Crippen LogP contribution in [0.5, 0.6) is 5.75 Å². The van der Waals surface area contributed by atoms with Gasteiger partial charge in [0, 0.05) is 67.5 Å². The Morgan fingerprint density at radius 1 is 0.891 bits per heavy atom. The molecular formula is C45H49N5O5. The van der Waals surface area contributed by atoms with E-state index < -0.39 is 0 Å². The monoisotopic (exact) mass is 739 g/mol. The van der Waals surface area contributed by atoms with Crippen LogP contribution in [-0.2, 0) is 42.6 Å². The third kappa shape index (κ3) is 7.31. The van der Waals surface area contributed by atoms with Crippen molar-refractivity contribution in [2.24, 2.45) is 13.0 Å². The molecule has 0 unspecified atom stereocenters. The van der Waals surface area contributed by atoms with Gasteiger partial charge in [-0.1, -0.05) is 78.9 Å². The smallest absolute Gasteiger partial charge is 0.355 e. The summed E-state index contributed by atoms with van der Waals surface area (Å²) in [7, 11) is 1.95. The van der Waals surface area contributed by atoms with Crippen LogP contribution in [0.2, 0.25) is 0 Å². The Bertz CT molecular complexity index is 2350. The molecule has 2 aliphatic rings. The van der Waals surface area contributed by atoms with Crippen molar-refractivity contribution in [3.63, 3.8) is 0 Å². The molecule has 10 heteroatoms. The van der Waals surface area contributed by atoms with Gasteiger partial charge in [0.2, 0.25) is 0 Å². The molecule has 2 aromatic heterocycles. The van der Waals surface area contributed by atoms with Crippen LogP contribution < -0.4 is 10.1 Å². The lowest BCUT2D eigenvalue weighted by Crippen LogP contribution is -2.42. The summed E-state index contributed by atoms with van der Waals surface area (Å²) in [6, 6.07) is 28.8. The number of nitrogens with one attached hydrogen (secondary N) is 1. The molecule has 8 rings (SSSR count). The maximum atomic E-state index is 14.2. The Kier molecular flexibility index (Phi) is 10.6. The van der Waals surface area contributed by atoms with Gasteiger partial charge in [-0.15, -0.1) is 0 Å². The lowest BCUT2D eigenvalue weighted by molar-refractivity contribution is 0.0513. The van der Waals surface area contributed by atoms with Gasteiger partial charge in [-0.2, -0.15) is 5.10 Å². The number of benzene rings is 4. The number of aryl methyl sites for hydroxylation is 2. The minimum absolute atomic E-state index is 0.118. The summed E-state index contributed by atoms with van der Waals surface area (Å²) in [6.07, 6.45) is 3.20. The average Bonchev–Trinajstić information content (AvgIpc) is 3.66. The highest BCUT2D eigenvalue weighted by atomic mass is 16.5. The fourth-order valence-corrected chi connectivity index (χ4v) is 8.33. The molecule has 0 saturated carbocycles. The number of para-hydroxylation sites is 1. The topological polar surface area (TPSA) is 99.8 Å². The fourth-order valence-electron chi connectivity index (χ4n) is 8.33. The number of hydrogen-bond donors (Lipinski definition) is 1. The van der Waals surface area contributed by atoms with Gasteiger partial charge >= 0.3 is 12.0 Å². The van der Waals surface area contributed by atoms with Gasteiger partial charge in [-0.3, -0.25) is 4.68 Å². The lowest BCUT2D eigenvalue weighted by Gasteiger charge is -2.27. The number of aromatic nitrogens is 3. The fraction of sp³-hybridized carbons (Fsp3) is 0.356. The van der Waals surface area contributed by atoms with E-state index in [0.717, 1.165) is 92.7 Å². The number of amides is 2. The molecule has 6 aromatic rings. The third-order valence-corrected chi connectivity index (χ3v) is 11.2. The van der Waals surface area contributed by atoms with Gasteiger partial charge in [0.25, 0.3) is 0 Å². The quantitative estimate of drug-likeness (QED) is 0.119. The summed E-state index contributed by atoms with van der Waals surface area (Å²) >= 11 is 0. The van der Waals surface area contributed by atoms with Crippen LogP contribution in [0.1, 0.15) is 64.8 Å². The van der Waals surface area contributed by atoms with E-state index in [0.29, 0.717) is 57.2 Å². The van der Waals surface area contributed by atoms with Crippen LogP contribution in [0.25, 0.3) is 32.8 Å². The molecule has 0 bridgehead atoms. The van der Waals surface area contributed by atoms with Crippen molar-refractivity contribution in [3.8, 4) is 16.9 Å². The van der Waals surface area contributed by atoms with Gasteiger partial charge in [0.15, 0.2) is 0 Å². The number of carbonyl (C=O) groups is 2. The van der Waals surface area contributed by atoms with Crippen LogP contribution >= 0.6 is 0 Å². The van der Waals surface area contributed by atoms with Crippen molar-refractivity contribution >= 4 is 33.7 Å². The second kappa shape index (κ2) is 16.0. The van der Waals surface area contributed by atoms with E-state index >= 15 is 0 Å². The Morgan fingerprint density at radius 2 is 1.62 bits per heavy atom. The zero-order valence-corrected chi connectivity index (χ0v) is 32.0. The number of esters is 1. The normalized spacial score (nSPS) is 14.6. The number of ether oxygens (including phenoxy) is 3. The Balaban J connectivity index is 1.21. The van der Waals surface area contributed by atoms with Crippen molar-refractivity contribution in [3.05, 3.63) is 119 Å².